The smallest absolute Gasteiger partial charge is 0.193 e. The number of nitrogens with one attached hydrogen (secondary N) is 1. The number of rotatable bonds is 4. The third-order valence-corrected chi connectivity index (χ3v) is 3.42. The highest BCUT2D eigenvalue weighted by molar-refractivity contribution is 5.79. The molecule has 0 aliphatic rings. The first-order valence-corrected chi connectivity index (χ1v) is 7.27. The molecular formula is C18H19FN4. The Labute approximate surface area is 135 Å². The monoisotopic (exact) mass is 310 g/mol. The molecule has 1 N–H and O–H groups in total. The van der Waals surface area contributed by atoms with Crippen molar-refractivity contribution in [2.75, 3.05) is 14.1 Å². The van der Waals surface area contributed by atoms with Gasteiger partial charge in [0.15, 0.2) is 5.96 Å². The molecule has 0 aliphatic carbocycles. The summed E-state index contributed by atoms with van der Waals surface area (Å²) in [6, 6.07) is 16.0. The van der Waals surface area contributed by atoms with E-state index in [0.29, 0.717) is 18.7 Å². The zero-order valence-corrected chi connectivity index (χ0v) is 13.3. The van der Waals surface area contributed by atoms with Gasteiger partial charge < -0.3 is 10.2 Å². The van der Waals surface area contributed by atoms with Gasteiger partial charge in [0.05, 0.1) is 11.6 Å². The zero-order chi connectivity index (χ0) is 16.7. The van der Waals surface area contributed by atoms with Crippen molar-refractivity contribution >= 4 is 5.96 Å². The Hall–Kier alpha value is -2.87. The van der Waals surface area contributed by atoms with Crippen LogP contribution >= 0.6 is 0 Å². The van der Waals surface area contributed by atoms with E-state index in [-0.39, 0.29) is 5.82 Å². The molecule has 2 aromatic rings. The van der Waals surface area contributed by atoms with E-state index in [1.165, 1.54) is 12.1 Å². The summed E-state index contributed by atoms with van der Waals surface area (Å²) in [5.41, 5.74) is 2.58. The fourth-order valence-corrected chi connectivity index (χ4v) is 2.25. The lowest BCUT2D eigenvalue weighted by molar-refractivity contribution is 0.474. The molecule has 2 aromatic carbocycles. The minimum atomic E-state index is -0.239. The summed E-state index contributed by atoms with van der Waals surface area (Å²) in [4.78, 5) is 6.17. The molecular weight excluding hydrogens is 291 g/mol. The molecule has 0 radical (unpaired) electrons. The molecule has 5 heteroatoms. The van der Waals surface area contributed by atoms with Crippen molar-refractivity contribution in [3.8, 4) is 6.07 Å². The Morgan fingerprint density at radius 2 is 1.96 bits per heavy atom. The number of hydrogen-bond donors (Lipinski definition) is 1. The summed E-state index contributed by atoms with van der Waals surface area (Å²) >= 11 is 0. The molecule has 2 rings (SSSR count). The maximum atomic E-state index is 13.2. The van der Waals surface area contributed by atoms with Crippen molar-refractivity contribution in [2.45, 2.75) is 13.1 Å². The lowest BCUT2D eigenvalue weighted by Gasteiger charge is -2.22. The Balaban J connectivity index is 1.95. The van der Waals surface area contributed by atoms with Crippen LogP contribution in [-0.2, 0) is 13.1 Å². The molecule has 0 aliphatic heterocycles. The first kappa shape index (κ1) is 16.5. The maximum Gasteiger partial charge on any atom is 0.193 e. The number of hydrogen-bond acceptors (Lipinski definition) is 2. The van der Waals surface area contributed by atoms with E-state index >= 15 is 0 Å². The van der Waals surface area contributed by atoms with Gasteiger partial charge in [-0.2, -0.15) is 5.26 Å². The summed E-state index contributed by atoms with van der Waals surface area (Å²) in [5.74, 6) is 0.482. The summed E-state index contributed by atoms with van der Waals surface area (Å²) in [6.45, 7) is 1.16. The molecule has 0 amide bonds. The molecule has 0 aromatic heterocycles. The van der Waals surface area contributed by atoms with Gasteiger partial charge in [-0.05, 0) is 35.4 Å². The third kappa shape index (κ3) is 4.82. The van der Waals surface area contributed by atoms with Crippen LogP contribution in [0.25, 0.3) is 0 Å². The zero-order valence-electron chi connectivity index (χ0n) is 13.3. The summed E-state index contributed by atoms with van der Waals surface area (Å²) in [6.07, 6.45) is 0. The molecule has 0 atom stereocenters. The van der Waals surface area contributed by atoms with Crippen molar-refractivity contribution in [3.05, 3.63) is 71.0 Å². The first-order chi connectivity index (χ1) is 11.1. The van der Waals surface area contributed by atoms with Crippen molar-refractivity contribution in [2.24, 2.45) is 4.99 Å². The first-order valence-electron chi connectivity index (χ1n) is 7.27. The third-order valence-electron chi connectivity index (χ3n) is 3.42. The van der Waals surface area contributed by atoms with Crippen molar-refractivity contribution < 1.29 is 4.39 Å². The second-order valence-corrected chi connectivity index (χ2v) is 5.20. The highest BCUT2D eigenvalue weighted by Gasteiger charge is 2.07. The van der Waals surface area contributed by atoms with Crippen LogP contribution in [0.5, 0.6) is 0 Å². The van der Waals surface area contributed by atoms with E-state index in [0.717, 1.165) is 17.1 Å². The quantitative estimate of drug-likeness (QED) is 0.698. The van der Waals surface area contributed by atoms with E-state index in [1.807, 2.05) is 30.1 Å². The van der Waals surface area contributed by atoms with E-state index in [1.54, 1.807) is 25.2 Å². The molecule has 118 valence electrons. The van der Waals surface area contributed by atoms with Gasteiger partial charge in [0.25, 0.3) is 0 Å². The fraction of sp³-hybridized carbons (Fsp3) is 0.222. The molecule has 0 spiro atoms. The van der Waals surface area contributed by atoms with Crippen LogP contribution in [-0.4, -0.2) is 25.0 Å². The Morgan fingerprint density at radius 1 is 1.22 bits per heavy atom. The topological polar surface area (TPSA) is 51.4 Å². The number of halogens is 1. The predicted octanol–water partition coefficient (Wildman–Crippen LogP) is 2.90. The van der Waals surface area contributed by atoms with Crippen molar-refractivity contribution in [1.82, 2.24) is 10.2 Å². The molecule has 0 unspecified atom stereocenters. The normalized spacial score (nSPS) is 11.0. The van der Waals surface area contributed by atoms with Crippen molar-refractivity contribution in [1.29, 1.82) is 5.26 Å². The van der Waals surface area contributed by atoms with E-state index in [2.05, 4.69) is 16.4 Å². The van der Waals surface area contributed by atoms with Crippen LogP contribution in [0.1, 0.15) is 16.7 Å². The van der Waals surface area contributed by atoms with Gasteiger partial charge in [-0.25, -0.2) is 4.39 Å². The van der Waals surface area contributed by atoms with Crippen molar-refractivity contribution in [3.63, 3.8) is 0 Å². The van der Waals surface area contributed by atoms with E-state index < -0.39 is 0 Å². The molecule has 0 fully saturated rings. The molecule has 0 bridgehead atoms. The minimum Gasteiger partial charge on any atom is -0.352 e. The van der Waals surface area contributed by atoms with Gasteiger partial charge in [0.2, 0.25) is 0 Å². The highest BCUT2D eigenvalue weighted by atomic mass is 19.1. The standard InChI is InChI=1S/C18H19FN4/c1-21-18(22-12-15-8-6-14(11-20)7-9-15)23(2)13-16-4-3-5-17(19)10-16/h3-10H,12-13H2,1-2H3,(H,21,22). The second-order valence-electron chi connectivity index (χ2n) is 5.20. The Morgan fingerprint density at radius 3 is 2.57 bits per heavy atom. The number of aliphatic imine (C=N–C) groups is 1. The average molecular weight is 310 g/mol. The fourth-order valence-electron chi connectivity index (χ4n) is 2.25. The van der Waals surface area contributed by atoms with Crippen LogP contribution in [0, 0.1) is 17.1 Å². The Bertz CT molecular complexity index is 717. The molecule has 4 nitrogen and oxygen atoms in total. The van der Waals surface area contributed by atoms with Crippen LogP contribution in [0.4, 0.5) is 4.39 Å². The van der Waals surface area contributed by atoms with Gasteiger partial charge in [-0.15, -0.1) is 0 Å². The van der Waals surface area contributed by atoms with Crippen LogP contribution in [0.2, 0.25) is 0 Å². The SMILES string of the molecule is CN=C(NCc1ccc(C#N)cc1)N(C)Cc1cccc(F)c1. The average Bonchev–Trinajstić information content (AvgIpc) is 2.56. The lowest BCUT2D eigenvalue weighted by Crippen LogP contribution is -2.38. The number of nitriles is 1. The summed E-state index contributed by atoms with van der Waals surface area (Å²) in [5, 5.41) is 12.1. The molecule has 0 heterocycles. The second kappa shape index (κ2) is 7.95. The van der Waals surface area contributed by atoms with Crippen LogP contribution in [0.3, 0.4) is 0 Å². The number of nitrogens with zero attached hydrogens (tertiary/aromatic N) is 3. The summed E-state index contributed by atoms with van der Waals surface area (Å²) < 4.78 is 13.2. The molecule has 0 saturated carbocycles. The number of guanidine groups is 1. The van der Waals surface area contributed by atoms with Gasteiger partial charge in [0, 0.05) is 27.2 Å². The van der Waals surface area contributed by atoms with Crippen LogP contribution < -0.4 is 5.32 Å². The van der Waals surface area contributed by atoms with Gasteiger partial charge in [0.1, 0.15) is 5.82 Å². The highest BCUT2D eigenvalue weighted by Crippen LogP contribution is 2.07. The van der Waals surface area contributed by atoms with Gasteiger partial charge in [-0.3, -0.25) is 4.99 Å². The minimum absolute atomic E-state index is 0.239. The van der Waals surface area contributed by atoms with Gasteiger partial charge >= 0.3 is 0 Å². The lowest BCUT2D eigenvalue weighted by atomic mass is 10.1. The predicted molar refractivity (Wildman–Crippen MR) is 89.2 cm³/mol. The molecule has 23 heavy (non-hydrogen) atoms. The maximum absolute atomic E-state index is 13.2. The van der Waals surface area contributed by atoms with E-state index in [4.69, 9.17) is 5.26 Å². The van der Waals surface area contributed by atoms with Gasteiger partial charge in [-0.1, -0.05) is 24.3 Å². The molecule has 0 saturated heterocycles. The summed E-state index contributed by atoms with van der Waals surface area (Å²) in [7, 11) is 3.61. The van der Waals surface area contributed by atoms with Crippen LogP contribution in [0.15, 0.2) is 53.5 Å². The number of benzene rings is 2. The van der Waals surface area contributed by atoms with E-state index in [9.17, 15) is 4.39 Å². The largest absolute Gasteiger partial charge is 0.352 e. The Kier molecular flexibility index (Phi) is 5.70.